The number of carbonyl (C=O) groups is 2. The average Bonchev–Trinajstić information content (AvgIpc) is 2.75. The number of nitrogens with zero attached hydrogens (tertiary/aromatic N) is 1. The maximum atomic E-state index is 14.4. The van der Waals surface area contributed by atoms with Crippen LogP contribution < -0.4 is 9.64 Å². The third kappa shape index (κ3) is 7.48. The van der Waals surface area contributed by atoms with E-state index in [0.717, 1.165) is 17.0 Å². The van der Waals surface area contributed by atoms with Crippen LogP contribution in [0.4, 0.5) is 32.0 Å². The summed E-state index contributed by atoms with van der Waals surface area (Å²) in [5, 5.41) is 0. The van der Waals surface area contributed by atoms with Gasteiger partial charge in [-0.25, -0.2) is 13.2 Å². The number of halogens is 6. The summed E-state index contributed by atoms with van der Waals surface area (Å²) >= 11 is 0. The number of benzene rings is 3. The molecular formula is C26H21F6NO4. The lowest BCUT2D eigenvalue weighted by Crippen LogP contribution is -2.39. The molecule has 0 aliphatic heterocycles. The van der Waals surface area contributed by atoms with E-state index in [-0.39, 0.29) is 5.69 Å². The molecule has 1 amide bonds. The smallest absolute Gasteiger partial charge is 0.459 e. The van der Waals surface area contributed by atoms with Crippen LogP contribution in [-0.2, 0) is 9.53 Å². The molecule has 0 aliphatic carbocycles. The lowest BCUT2D eigenvalue weighted by molar-refractivity contribution is -0.274. The van der Waals surface area contributed by atoms with Gasteiger partial charge in [0.05, 0.1) is 0 Å². The molecule has 0 aromatic heterocycles. The summed E-state index contributed by atoms with van der Waals surface area (Å²) in [5.74, 6) is -6.77. The molecule has 0 saturated heterocycles. The summed E-state index contributed by atoms with van der Waals surface area (Å²) in [6.45, 7) is 4.02. The minimum Gasteiger partial charge on any atom is -0.459 e. The van der Waals surface area contributed by atoms with Gasteiger partial charge >= 0.3 is 12.3 Å². The van der Waals surface area contributed by atoms with E-state index in [0.29, 0.717) is 23.3 Å². The Balaban J connectivity index is 2.01. The second-order valence-corrected chi connectivity index (χ2v) is 8.84. The van der Waals surface area contributed by atoms with E-state index in [1.54, 1.807) is 26.8 Å². The van der Waals surface area contributed by atoms with Crippen molar-refractivity contribution in [3.8, 4) is 16.9 Å². The highest BCUT2D eigenvalue weighted by molar-refractivity contribution is 6.09. The van der Waals surface area contributed by atoms with Gasteiger partial charge in [0.15, 0.2) is 0 Å². The van der Waals surface area contributed by atoms with Gasteiger partial charge in [-0.1, -0.05) is 24.3 Å². The summed E-state index contributed by atoms with van der Waals surface area (Å²) in [7, 11) is 0. The second-order valence-electron chi connectivity index (χ2n) is 8.84. The van der Waals surface area contributed by atoms with E-state index in [9.17, 15) is 35.9 Å². The number of ether oxygens (including phenoxy) is 2. The summed E-state index contributed by atoms with van der Waals surface area (Å²) in [4.78, 5) is 26.5. The highest BCUT2D eigenvalue weighted by atomic mass is 19.4. The monoisotopic (exact) mass is 525 g/mol. The molecule has 0 saturated carbocycles. The van der Waals surface area contributed by atoms with Crippen LogP contribution in [0.15, 0.2) is 60.7 Å². The molecule has 0 aliphatic rings. The Hall–Kier alpha value is -4.02. The number of carbonyl (C=O) groups excluding carboxylic acids is 2. The lowest BCUT2D eigenvalue weighted by Gasteiger charge is -2.26. The van der Waals surface area contributed by atoms with Crippen molar-refractivity contribution in [3.05, 3.63) is 83.7 Å². The average molecular weight is 525 g/mol. The third-order valence-corrected chi connectivity index (χ3v) is 4.75. The topological polar surface area (TPSA) is 55.8 Å². The van der Waals surface area contributed by atoms with Gasteiger partial charge in [-0.3, -0.25) is 14.5 Å². The number of alkyl halides is 3. The lowest BCUT2D eigenvalue weighted by atomic mass is 10.0. The number of amides is 1. The molecule has 0 N–H and O–H groups in total. The van der Waals surface area contributed by atoms with E-state index < -0.39 is 59.1 Å². The predicted molar refractivity (Wildman–Crippen MR) is 122 cm³/mol. The van der Waals surface area contributed by atoms with Crippen LogP contribution in [0.25, 0.3) is 11.1 Å². The van der Waals surface area contributed by atoms with Crippen LogP contribution in [0.3, 0.4) is 0 Å². The summed E-state index contributed by atoms with van der Waals surface area (Å²) in [6.07, 6.45) is -4.87. The fourth-order valence-electron chi connectivity index (χ4n) is 3.37. The SMILES string of the molecule is CC(C)(C)OC(=O)CN(C(=O)c1c(F)cc(F)cc1F)c1cccc(-c2ccc(OC(F)(F)F)cc2)c1. The summed E-state index contributed by atoms with van der Waals surface area (Å²) in [5.41, 5.74) is -1.17. The zero-order valence-electron chi connectivity index (χ0n) is 19.8. The largest absolute Gasteiger partial charge is 0.573 e. The van der Waals surface area contributed by atoms with E-state index in [1.165, 1.54) is 30.3 Å². The molecule has 3 rings (SSSR count). The normalized spacial score (nSPS) is 11.7. The number of anilines is 1. The Morgan fingerprint density at radius 2 is 1.43 bits per heavy atom. The van der Waals surface area contributed by atoms with E-state index in [1.807, 2.05) is 0 Å². The van der Waals surface area contributed by atoms with Crippen LogP contribution in [0.1, 0.15) is 31.1 Å². The van der Waals surface area contributed by atoms with Gasteiger partial charge in [0.2, 0.25) is 0 Å². The third-order valence-electron chi connectivity index (χ3n) is 4.75. The molecule has 5 nitrogen and oxygen atoms in total. The van der Waals surface area contributed by atoms with Crippen LogP contribution in [0.5, 0.6) is 5.75 Å². The molecule has 0 atom stereocenters. The Morgan fingerprint density at radius 3 is 1.97 bits per heavy atom. The summed E-state index contributed by atoms with van der Waals surface area (Å²) < 4.78 is 88.6. The van der Waals surface area contributed by atoms with Gasteiger partial charge in [0, 0.05) is 17.8 Å². The Morgan fingerprint density at radius 1 is 0.838 bits per heavy atom. The quantitative estimate of drug-likeness (QED) is 0.267. The molecule has 0 fully saturated rings. The number of hydrogen-bond acceptors (Lipinski definition) is 4. The Labute approximate surface area is 208 Å². The molecule has 11 heteroatoms. The van der Waals surface area contributed by atoms with E-state index in [4.69, 9.17) is 4.74 Å². The van der Waals surface area contributed by atoms with Gasteiger partial charge in [0.1, 0.15) is 40.9 Å². The van der Waals surface area contributed by atoms with E-state index in [2.05, 4.69) is 4.74 Å². The van der Waals surface area contributed by atoms with Crippen molar-refractivity contribution in [2.24, 2.45) is 0 Å². The van der Waals surface area contributed by atoms with Crippen molar-refractivity contribution < 1.29 is 45.4 Å². The minimum atomic E-state index is -4.87. The van der Waals surface area contributed by atoms with Crippen molar-refractivity contribution in [2.75, 3.05) is 11.4 Å². The second kappa shape index (κ2) is 10.5. The molecule has 37 heavy (non-hydrogen) atoms. The van der Waals surface area contributed by atoms with Crippen molar-refractivity contribution in [1.29, 1.82) is 0 Å². The molecule has 0 bridgehead atoms. The zero-order chi connectivity index (χ0) is 27.5. The zero-order valence-corrected chi connectivity index (χ0v) is 19.8. The van der Waals surface area contributed by atoms with Gasteiger partial charge < -0.3 is 9.47 Å². The molecule has 196 valence electrons. The molecular weight excluding hydrogens is 504 g/mol. The maximum absolute atomic E-state index is 14.4. The first kappa shape index (κ1) is 27.6. The van der Waals surface area contributed by atoms with Crippen LogP contribution in [0.2, 0.25) is 0 Å². The first-order valence-corrected chi connectivity index (χ1v) is 10.8. The van der Waals surface area contributed by atoms with Crippen molar-refractivity contribution in [3.63, 3.8) is 0 Å². The van der Waals surface area contributed by atoms with Crippen molar-refractivity contribution in [2.45, 2.75) is 32.7 Å². The van der Waals surface area contributed by atoms with Gasteiger partial charge in [0.25, 0.3) is 5.91 Å². The Kier molecular flexibility index (Phi) is 7.85. The number of hydrogen-bond donors (Lipinski definition) is 0. The Bertz CT molecular complexity index is 1280. The van der Waals surface area contributed by atoms with Gasteiger partial charge in [-0.2, -0.15) is 0 Å². The van der Waals surface area contributed by atoms with E-state index >= 15 is 0 Å². The van der Waals surface area contributed by atoms with Gasteiger partial charge in [-0.15, -0.1) is 13.2 Å². The first-order valence-electron chi connectivity index (χ1n) is 10.8. The summed E-state index contributed by atoms with van der Waals surface area (Å²) in [6, 6.07) is 11.3. The first-order chi connectivity index (χ1) is 17.1. The van der Waals surface area contributed by atoms with Crippen molar-refractivity contribution >= 4 is 17.6 Å². The fraction of sp³-hybridized carbons (Fsp3) is 0.231. The molecule has 0 heterocycles. The highest BCUT2D eigenvalue weighted by Crippen LogP contribution is 2.30. The number of rotatable bonds is 6. The predicted octanol–water partition coefficient (Wildman–Crippen LogP) is 6.66. The van der Waals surface area contributed by atoms with Crippen molar-refractivity contribution in [1.82, 2.24) is 0 Å². The number of esters is 1. The highest BCUT2D eigenvalue weighted by Gasteiger charge is 2.31. The standard InChI is InChI=1S/C26H21F6NO4/c1-25(2,3)37-22(34)14-33(24(35)23-20(28)12-17(27)13-21(23)29)18-6-4-5-16(11-18)15-7-9-19(10-8-15)36-26(30,31)32/h4-13H,14H2,1-3H3. The molecule has 3 aromatic carbocycles. The molecule has 3 aromatic rings. The molecule has 0 unspecified atom stereocenters. The van der Waals surface area contributed by atoms with Crippen LogP contribution in [-0.4, -0.2) is 30.4 Å². The fourth-order valence-corrected chi connectivity index (χ4v) is 3.37. The molecule has 0 spiro atoms. The van der Waals surface area contributed by atoms with Gasteiger partial charge in [-0.05, 0) is 56.2 Å². The minimum absolute atomic E-state index is 0.0205. The maximum Gasteiger partial charge on any atom is 0.573 e. The van der Waals surface area contributed by atoms with Crippen LogP contribution >= 0.6 is 0 Å². The van der Waals surface area contributed by atoms with Crippen LogP contribution in [0, 0.1) is 17.5 Å². The molecule has 0 radical (unpaired) electrons.